The summed E-state index contributed by atoms with van der Waals surface area (Å²) in [7, 11) is -2.39. The smallest absolute Gasteiger partial charge is 0.251 e. The van der Waals surface area contributed by atoms with Gasteiger partial charge in [-0.1, -0.05) is 127 Å². The molecule has 0 aliphatic carbocycles. The Labute approximate surface area is 384 Å². The minimum Gasteiger partial charge on any atom is -0.311 e. The van der Waals surface area contributed by atoms with Crippen LogP contribution in [0.1, 0.15) is 24.9 Å². The summed E-state index contributed by atoms with van der Waals surface area (Å²) < 4.78 is 42.4. The fraction of sp³-hybridized carbons (Fsp3) is 0.0877. The van der Waals surface area contributed by atoms with Crippen LogP contribution in [0.2, 0.25) is 13.1 Å². The Morgan fingerprint density at radius 1 is 0.516 bits per heavy atom. The van der Waals surface area contributed by atoms with Gasteiger partial charge < -0.3 is 14.7 Å². The number of hydrogen-bond acceptors (Lipinski definition) is 5. The molecule has 0 bridgehead atoms. The summed E-state index contributed by atoms with van der Waals surface area (Å²) in [6.07, 6.45) is 1.75. The molecule has 5 nitrogen and oxygen atoms in total. The first-order chi connectivity index (χ1) is 33.3. The molecule has 0 spiro atoms. The molecule has 0 saturated heterocycles. The van der Waals surface area contributed by atoms with E-state index in [2.05, 4.69) is 155 Å². The van der Waals surface area contributed by atoms with Crippen LogP contribution in [-0.4, -0.2) is 24.8 Å². The summed E-state index contributed by atoms with van der Waals surface area (Å²) in [5, 5.41) is 2.78. The van der Waals surface area contributed by atoms with Crippen LogP contribution < -0.4 is 41.5 Å². The highest BCUT2D eigenvalue weighted by Gasteiger charge is 2.52. The summed E-state index contributed by atoms with van der Waals surface area (Å²) in [5.74, 6) is 0. The molecule has 7 heteroatoms. The highest BCUT2D eigenvalue weighted by molar-refractivity contribution is 7.16. The molecule has 0 unspecified atom stereocenters. The van der Waals surface area contributed by atoms with Crippen molar-refractivity contribution in [3.63, 3.8) is 0 Å². The van der Waals surface area contributed by atoms with Crippen LogP contribution in [-0.2, 0) is 6.37 Å². The van der Waals surface area contributed by atoms with E-state index < -0.39 is 21.3 Å². The third-order valence-electron chi connectivity index (χ3n) is 13.4. The van der Waals surface area contributed by atoms with Crippen molar-refractivity contribution in [3.05, 3.63) is 206 Å². The van der Waals surface area contributed by atoms with E-state index >= 15 is 0 Å². The molecular weight excluding hydrogens is 794 g/mol. The van der Waals surface area contributed by atoms with Crippen LogP contribution in [0.15, 0.2) is 194 Å². The molecule has 9 aromatic rings. The monoisotopic (exact) mass is 844 g/mol. The summed E-state index contributed by atoms with van der Waals surface area (Å²) in [4.78, 5) is 16.9. The van der Waals surface area contributed by atoms with Gasteiger partial charge in [-0.05, 0) is 126 Å². The maximum Gasteiger partial charge on any atom is 0.251 e. The van der Waals surface area contributed by atoms with E-state index in [-0.39, 0.29) is 12.3 Å². The quantitative estimate of drug-likeness (QED) is 0.142. The first-order valence-corrected chi connectivity index (χ1v) is 24.9. The van der Waals surface area contributed by atoms with Gasteiger partial charge in [0.05, 0.1) is 28.5 Å². The van der Waals surface area contributed by atoms with Gasteiger partial charge in [0.2, 0.25) is 0 Å². The van der Waals surface area contributed by atoms with Crippen molar-refractivity contribution >= 4 is 92.7 Å². The Morgan fingerprint density at radius 2 is 1.02 bits per heavy atom. The number of hydrogen-bond donors (Lipinski definition) is 0. The Kier molecular flexibility index (Phi) is 7.67. The molecular formula is C57H46BN5Si. The fourth-order valence-electron chi connectivity index (χ4n) is 10.6. The Bertz CT molecular complexity index is 3280. The Hall–Kier alpha value is -7.48. The predicted octanol–water partition coefficient (Wildman–Crippen LogP) is 11.4. The number of para-hydroxylation sites is 4. The van der Waals surface area contributed by atoms with Gasteiger partial charge in [-0.25, -0.2) is 0 Å². The van der Waals surface area contributed by atoms with Crippen molar-refractivity contribution in [1.82, 2.24) is 9.97 Å². The molecule has 12 rings (SSSR count). The molecule has 2 aromatic heterocycles. The van der Waals surface area contributed by atoms with E-state index in [0.717, 1.165) is 67.8 Å². The first-order valence-electron chi connectivity index (χ1n) is 24.4. The van der Waals surface area contributed by atoms with Crippen molar-refractivity contribution < 1.29 is 6.85 Å². The second-order valence-corrected chi connectivity index (χ2v) is 21.6. The van der Waals surface area contributed by atoms with E-state index in [1.807, 2.05) is 36.4 Å². The van der Waals surface area contributed by atoms with E-state index in [4.69, 9.17) is 16.8 Å². The van der Waals surface area contributed by atoms with Gasteiger partial charge in [-0.3, -0.25) is 9.97 Å². The SMILES string of the molecule is [2H]C([2H])([2H])c1ccnc(-c2ccccc2N2c3cc(N(c4ccccc4)c4ccccc4)cc4c3B3c5c2cccc5[Si](C)(C)c2cccc(c23)N4c2ccccc2-c2cc(C([2H])([2H])C)ccn2)c1. The van der Waals surface area contributed by atoms with Crippen LogP contribution in [0.4, 0.5) is 51.2 Å². The lowest BCUT2D eigenvalue weighted by Gasteiger charge is -2.50. The van der Waals surface area contributed by atoms with Gasteiger partial charge in [0, 0.05) is 64.5 Å². The van der Waals surface area contributed by atoms with Gasteiger partial charge >= 0.3 is 0 Å². The zero-order valence-corrected chi connectivity index (χ0v) is 36.8. The van der Waals surface area contributed by atoms with Crippen molar-refractivity contribution in [1.29, 1.82) is 0 Å². The molecule has 64 heavy (non-hydrogen) atoms. The Balaban J connectivity index is 1.22. The van der Waals surface area contributed by atoms with Gasteiger partial charge in [-0.2, -0.15) is 0 Å². The maximum atomic E-state index is 8.67. The number of aromatic nitrogens is 2. The molecule has 306 valence electrons. The van der Waals surface area contributed by atoms with Gasteiger partial charge in [0.25, 0.3) is 6.71 Å². The number of nitrogens with zero attached hydrogens (tertiary/aromatic N) is 5. The fourth-order valence-corrected chi connectivity index (χ4v) is 13.8. The molecule has 0 N–H and O–H groups in total. The molecule has 5 heterocycles. The molecule has 0 saturated carbocycles. The second kappa shape index (κ2) is 14.8. The molecule has 0 radical (unpaired) electrons. The van der Waals surface area contributed by atoms with Crippen molar-refractivity contribution in [2.24, 2.45) is 0 Å². The van der Waals surface area contributed by atoms with Crippen LogP contribution >= 0.6 is 0 Å². The third-order valence-corrected chi connectivity index (χ3v) is 17.0. The summed E-state index contributed by atoms with van der Waals surface area (Å²) in [6.45, 7) is 4.10. The number of anilines is 9. The zero-order valence-electron chi connectivity index (χ0n) is 40.8. The number of pyridine rings is 2. The average Bonchev–Trinajstić information content (AvgIpc) is 3.36. The largest absolute Gasteiger partial charge is 0.311 e. The van der Waals surface area contributed by atoms with Gasteiger partial charge in [0.1, 0.15) is 8.07 Å². The summed E-state index contributed by atoms with van der Waals surface area (Å²) in [6, 6.07) is 62.8. The predicted molar refractivity (Wildman–Crippen MR) is 272 cm³/mol. The number of benzene rings is 7. The van der Waals surface area contributed by atoms with E-state index in [1.54, 1.807) is 37.5 Å². The summed E-state index contributed by atoms with van der Waals surface area (Å²) >= 11 is 0. The van der Waals surface area contributed by atoms with Crippen LogP contribution in [0.5, 0.6) is 0 Å². The lowest BCUT2D eigenvalue weighted by molar-refractivity contribution is 1.12. The molecule has 0 fully saturated rings. The lowest BCUT2D eigenvalue weighted by Crippen LogP contribution is -2.79. The standard InChI is InChI=1S/C57H46BN5Si/c1-5-39-31-33-60-46(35-39)44-23-13-15-25-48(44)63-50-27-17-29-54-57(50)58-55-51(36-42(37-52(55)63)61(40-18-8-6-9-19-40)41-20-10-7-11-21-41)62(49-26-16-28-53(56(49)58)64(54,3)4)47-24-14-12-22-43(47)45-34-38(2)30-32-59-45/h6-37H,5H2,1-4H3/i2D3,5D2. The highest BCUT2D eigenvalue weighted by Crippen LogP contribution is 2.50. The number of rotatable bonds is 8. The molecule has 0 amide bonds. The summed E-state index contributed by atoms with van der Waals surface area (Å²) in [5.41, 5.74) is 16.5. The molecule has 3 aliphatic rings. The minimum absolute atomic E-state index is 0.110. The van der Waals surface area contributed by atoms with E-state index in [0.29, 0.717) is 17.0 Å². The molecule has 0 atom stereocenters. The number of aryl methyl sites for hydroxylation is 2. The van der Waals surface area contributed by atoms with Gasteiger partial charge in [0.15, 0.2) is 0 Å². The van der Waals surface area contributed by atoms with Crippen molar-refractivity contribution in [2.75, 3.05) is 14.7 Å². The first kappa shape index (κ1) is 33.1. The van der Waals surface area contributed by atoms with Crippen molar-refractivity contribution in [3.8, 4) is 22.5 Å². The zero-order chi connectivity index (χ0) is 47.4. The average molecular weight is 845 g/mol. The van der Waals surface area contributed by atoms with Gasteiger partial charge in [-0.15, -0.1) is 0 Å². The molecule has 7 aromatic carbocycles. The normalized spacial score (nSPS) is 15.3. The second-order valence-electron chi connectivity index (χ2n) is 17.3. The lowest BCUT2D eigenvalue weighted by atomic mass is 9.33. The third kappa shape index (κ3) is 5.77. The van der Waals surface area contributed by atoms with Crippen molar-refractivity contribution in [2.45, 2.75) is 33.2 Å². The highest BCUT2D eigenvalue weighted by atomic mass is 28.3. The van der Waals surface area contributed by atoms with E-state index in [9.17, 15) is 0 Å². The van der Waals surface area contributed by atoms with E-state index in [1.165, 1.54) is 21.3 Å². The molecule has 3 aliphatic heterocycles. The van der Waals surface area contributed by atoms with Crippen LogP contribution in [0.25, 0.3) is 22.5 Å². The maximum absolute atomic E-state index is 8.67. The van der Waals surface area contributed by atoms with Crippen LogP contribution in [0.3, 0.4) is 0 Å². The Morgan fingerprint density at radius 3 is 1.56 bits per heavy atom. The topological polar surface area (TPSA) is 35.5 Å². The van der Waals surface area contributed by atoms with Crippen LogP contribution in [0, 0.1) is 6.85 Å². The minimum atomic E-state index is -2.39.